The SMILES string of the molecule is CC(C)(C)NC(=O)CN(c1cc(C(F)(F)F)ccc1Cl)S(=O)(=O)c1ccccc1. The Hall–Kier alpha value is -2.26. The maximum absolute atomic E-state index is 13.2. The molecule has 0 spiro atoms. The molecule has 0 saturated carbocycles. The van der Waals surface area contributed by atoms with Crippen LogP contribution >= 0.6 is 11.6 Å². The summed E-state index contributed by atoms with van der Waals surface area (Å²) in [6.07, 6.45) is -4.71. The largest absolute Gasteiger partial charge is 0.416 e. The molecule has 0 saturated heterocycles. The van der Waals surface area contributed by atoms with Crippen molar-refractivity contribution < 1.29 is 26.4 Å². The van der Waals surface area contributed by atoms with Gasteiger partial charge in [-0.1, -0.05) is 29.8 Å². The summed E-state index contributed by atoms with van der Waals surface area (Å²) in [5, 5.41) is 2.36. The molecule has 2 aromatic rings. The molecule has 0 radical (unpaired) electrons. The zero-order chi connectivity index (χ0) is 22.0. The standard InChI is InChI=1S/C19H20ClF3N2O3S/c1-18(2,3)24-17(26)12-25(29(27,28)14-7-5-4-6-8-14)16-11-13(19(21,22)23)9-10-15(16)20/h4-11H,12H2,1-3H3,(H,24,26). The van der Waals surface area contributed by atoms with Gasteiger partial charge in [0.1, 0.15) is 6.54 Å². The average molecular weight is 449 g/mol. The Kier molecular flexibility index (Phi) is 6.54. The molecule has 0 aliphatic heterocycles. The normalized spacial score (nSPS) is 12.5. The van der Waals surface area contributed by atoms with Gasteiger partial charge in [-0.05, 0) is 51.1 Å². The van der Waals surface area contributed by atoms with E-state index in [0.717, 1.165) is 12.1 Å². The Morgan fingerprint density at radius 3 is 2.17 bits per heavy atom. The average Bonchev–Trinajstić information content (AvgIpc) is 2.58. The molecule has 2 aromatic carbocycles. The van der Waals surface area contributed by atoms with Gasteiger partial charge in [-0.2, -0.15) is 13.2 Å². The number of rotatable bonds is 5. The highest BCUT2D eigenvalue weighted by molar-refractivity contribution is 7.92. The first-order valence-electron chi connectivity index (χ1n) is 8.47. The summed E-state index contributed by atoms with van der Waals surface area (Å²) >= 11 is 6.05. The first-order valence-corrected chi connectivity index (χ1v) is 10.3. The summed E-state index contributed by atoms with van der Waals surface area (Å²) in [5.41, 5.74) is -2.19. The van der Waals surface area contributed by atoms with Gasteiger partial charge in [0.25, 0.3) is 10.0 Å². The van der Waals surface area contributed by atoms with Crippen LogP contribution in [0.2, 0.25) is 5.02 Å². The van der Waals surface area contributed by atoms with Crippen molar-refractivity contribution in [2.24, 2.45) is 0 Å². The topological polar surface area (TPSA) is 66.5 Å². The van der Waals surface area contributed by atoms with Crippen molar-refractivity contribution >= 4 is 33.2 Å². The molecule has 0 aromatic heterocycles. The van der Waals surface area contributed by atoms with Crippen LogP contribution in [0.15, 0.2) is 53.4 Å². The Balaban J connectivity index is 2.61. The van der Waals surface area contributed by atoms with E-state index in [0.29, 0.717) is 10.4 Å². The molecule has 0 aliphatic rings. The molecule has 29 heavy (non-hydrogen) atoms. The summed E-state index contributed by atoms with van der Waals surface area (Å²) in [6, 6.07) is 9.41. The van der Waals surface area contributed by atoms with Gasteiger partial charge in [-0.25, -0.2) is 8.42 Å². The molecule has 2 rings (SSSR count). The van der Waals surface area contributed by atoms with Crippen molar-refractivity contribution in [3.05, 3.63) is 59.1 Å². The van der Waals surface area contributed by atoms with Gasteiger partial charge in [0.15, 0.2) is 0 Å². The van der Waals surface area contributed by atoms with E-state index in [1.807, 2.05) is 0 Å². The number of carbonyl (C=O) groups excluding carboxylic acids is 1. The number of sulfonamides is 1. The third-order valence-electron chi connectivity index (χ3n) is 3.67. The second-order valence-corrected chi connectivity index (χ2v) is 9.56. The number of nitrogens with one attached hydrogen (secondary N) is 1. The molecule has 0 aliphatic carbocycles. The minimum atomic E-state index is -4.71. The molecule has 0 fully saturated rings. The molecule has 0 heterocycles. The first kappa shape index (κ1) is 23.0. The molecular weight excluding hydrogens is 429 g/mol. The fourth-order valence-corrected chi connectivity index (χ4v) is 4.21. The zero-order valence-electron chi connectivity index (χ0n) is 15.9. The number of carbonyl (C=O) groups is 1. The fourth-order valence-electron chi connectivity index (χ4n) is 2.49. The van der Waals surface area contributed by atoms with Gasteiger partial charge < -0.3 is 5.32 Å². The predicted molar refractivity (Wildman–Crippen MR) is 105 cm³/mol. The fraction of sp³-hybridized carbons (Fsp3) is 0.316. The van der Waals surface area contributed by atoms with E-state index >= 15 is 0 Å². The number of hydrogen-bond acceptors (Lipinski definition) is 3. The lowest BCUT2D eigenvalue weighted by Crippen LogP contribution is -2.47. The molecule has 158 valence electrons. The molecule has 5 nitrogen and oxygen atoms in total. The maximum Gasteiger partial charge on any atom is 0.416 e. The third kappa shape index (κ3) is 5.86. The van der Waals surface area contributed by atoms with Crippen molar-refractivity contribution in [1.82, 2.24) is 5.32 Å². The summed E-state index contributed by atoms with van der Waals surface area (Å²) in [7, 11) is -4.37. The number of alkyl halides is 3. The molecule has 0 bridgehead atoms. The van der Waals surface area contributed by atoms with E-state index in [4.69, 9.17) is 11.6 Å². The Morgan fingerprint density at radius 2 is 1.66 bits per heavy atom. The Bertz CT molecular complexity index is 988. The van der Waals surface area contributed by atoms with Crippen molar-refractivity contribution in [3.63, 3.8) is 0 Å². The lowest BCUT2D eigenvalue weighted by atomic mass is 10.1. The second-order valence-electron chi connectivity index (χ2n) is 7.29. The van der Waals surface area contributed by atoms with Gasteiger partial charge in [0.05, 0.1) is 21.2 Å². The minimum Gasteiger partial charge on any atom is -0.350 e. The molecule has 10 heteroatoms. The minimum absolute atomic E-state index is 0.183. The lowest BCUT2D eigenvalue weighted by molar-refractivity contribution is -0.137. The van der Waals surface area contributed by atoms with Crippen LogP contribution < -0.4 is 9.62 Å². The van der Waals surface area contributed by atoms with Crippen molar-refractivity contribution in [3.8, 4) is 0 Å². The highest BCUT2D eigenvalue weighted by Crippen LogP contribution is 2.37. The summed E-state index contributed by atoms with van der Waals surface area (Å²) < 4.78 is 66.4. The van der Waals surface area contributed by atoms with Gasteiger partial charge in [0.2, 0.25) is 5.91 Å². The number of nitrogens with zero attached hydrogens (tertiary/aromatic N) is 1. The monoisotopic (exact) mass is 448 g/mol. The maximum atomic E-state index is 13.2. The van der Waals surface area contributed by atoms with Crippen LogP contribution in [-0.4, -0.2) is 26.4 Å². The van der Waals surface area contributed by atoms with Gasteiger partial charge >= 0.3 is 6.18 Å². The van der Waals surface area contributed by atoms with Crippen LogP contribution in [0.5, 0.6) is 0 Å². The summed E-state index contributed by atoms with van der Waals surface area (Å²) in [4.78, 5) is 12.2. The van der Waals surface area contributed by atoms with Crippen LogP contribution in [0.25, 0.3) is 0 Å². The number of benzene rings is 2. The third-order valence-corrected chi connectivity index (χ3v) is 5.77. The van der Waals surface area contributed by atoms with Crippen LogP contribution in [0.4, 0.5) is 18.9 Å². The number of anilines is 1. The quantitative estimate of drug-likeness (QED) is 0.734. The van der Waals surface area contributed by atoms with Crippen molar-refractivity contribution in [2.45, 2.75) is 37.4 Å². The van der Waals surface area contributed by atoms with Gasteiger partial charge in [-0.3, -0.25) is 9.10 Å². The molecule has 0 unspecified atom stereocenters. The highest BCUT2D eigenvalue weighted by atomic mass is 35.5. The predicted octanol–water partition coefficient (Wildman–Crippen LogP) is 4.47. The number of amides is 1. The van der Waals surface area contributed by atoms with E-state index < -0.39 is 45.4 Å². The van der Waals surface area contributed by atoms with E-state index in [2.05, 4.69) is 5.32 Å². The van der Waals surface area contributed by atoms with E-state index in [1.165, 1.54) is 24.3 Å². The lowest BCUT2D eigenvalue weighted by Gasteiger charge is -2.28. The molecular formula is C19H20ClF3N2O3S. The van der Waals surface area contributed by atoms with Crippen LogP contribution in [-0.2, 0) is 21.0 Å². The van der Waals surface area contributed by atoms with Crippen LogP contribution in [0.1, 0.15) is 26.3 Å². The highest BCUT2D eigenvalue weighted by Gasteiger charge is 2.34. The van der Waals surface area contributed by atoms with Crippen molar-refractivity contribution in [2.75, 3.05) is 10.8 Å². The van der Waals surface area contributed by atoms with E-state index in [1.54, 1.807) is 26.8 Å². The van der Waals surface area contributed by atoms with Gasteiger partial charge in [0, 0.05) is 5.54 Å². The van der Waals surface area contributed by atoms with E-state index in [-0.39, 0.29) is 9.92 Å². The van der Waals surface area contributed by atoms with Crippen LogP contribution in [0.3, 0.4) is 0 Å². The molecule has 0 atom stereocenters. The smallest absolute Gasteiger partial charge is 0.350 e. The second kappa shape index (κ2) is 8.23. The zero-order valence-corrected chi connectivity index (χ0v) is 17.5. The summed E-state index contributed by atoms with van der Waals surface area (Å²) in [6.45, 7) is 4.34. The summed E-state index contributed by atoms with van der Waals surface area (Å²) in [5.74, 6) is -0.689. The molecule has 1 N–H and O–H groups in total. The van der Waals surface area contributed by atoms with Crippen molar-refractivity contribution in [1.29, 1.82) is 0 Å². The van der Waals surface area contributed by atoms with Crippen LogP contribution in [0, 0.1) is 0 Å². The van der Waals surface area contributed by atoms with Gasteiger partial charge in [-0.15, -0.1) is 0 Å². The first-order chi connectivity index (χ1) is 13.2. The van der Waals surface area contributed by atoms with E-state index in [9.17, 15) is 26.4 Å². The Morgan fingerprint density at radius 1 is 1.07 bits per heavy atom. The molecule has 1 amide bonds. The number of hydrogen-bond donors (Lipinski definition) is 1. The Labute approximate surface area is 172 Å². The number of halogens is 4.